The maximum absolute atomic E-state index is 15.0. The van der Waals surface area contributed by atoms with Crippen LogP contribution < -0.4 is 5.32 Å². The first-order valence-electron chi connectivity index (χ1n) is 17.8. The molecule has 3 heterocycles. The number of rotatable bonds is 16. The Hall–Kier alpha value is -3.50. The average Bonchev–Trinajstić information content (AvgIpc) is 3.68. The van der Waals surface area contributed by atoms with Gasteiger partial charge >= 0.3 is 5.97 Å². The van der Waals surface area contributed by atoms with E-state index in [9.17, 15) is 24.3 Å². The third kappa shape index (κ3) is 7.65. The molecule has 1 spiro atoms. The molecule has 4 rings (SSSR count). The molecule has 10 heteroatoms. The van der Waals surface area contributed by atoms with Gasteiger partial charge in [0, 0.05) is 18.5 Å². The van der Waals surface area contributed by atoms with E-state index in [1.165, 1.54) is 4.90 Å². The molecule has 0 unspecified atom stereocenters. The Labute approximate surface area is 292 Å². The van der Waals surface area contributed by atoms with E-state index in [2.05, 4.69) is 39.2 Å². The Bertz CT molecular complexity index is 1380. The predicted octanol–water partition coefficient (Wildman–Crippen LogP) is 5.12. The van der Waals surface area contributed by atoms with Crippen LogP contribution in [0.15, 0.2) is 55.6 Å². The number of hydrogen-bond acceptors (Lipinski definition) is 7. The summed E-state index contributed by atoms with van der Waals surface area (Å²) in [5.41, 5.74) is -1.25. The van der Waals surface area contributed by atoms with Crippen molar-refractivity contribution in [2.75, 3.05) is 13.2 Å². The lowest BCUT2D eigenvalue weighted by Gasteiger charge is -2.46. The van der Waals surface area contributed by atoms with E-state index in [1.807, 2.05) is 51.1 Å². The second-order valence-corrected chi connectivity index (χ2v) is 15.8. The molecule has 0 aromatic heterocycles. The zero-order valence-electron chi connectivity index (χ0n) is 30.4. The smallest absolute Gasteiger partial charge is 0.313 e. The van der Waals surface area contributed by atoms with Crippen molar-refractivity contribution in [1.82, 2.24) is 15.1 Å². The van der Waals surface area contributed by atoms with E-state index < -0.39 is 59.3 Å². The van der Waals surface area contributed by atoms with E-state index in [-0.39, 0.29) is 42.7 Å². The van der Waals surface area contributed by atoms with Gasteiger partial charge in [-0.3, -0.25) is 19.2 Å². The van der Waals surface area contributed by atoms with Crippen molar-refractivity contribution in [1.29, 1.82) is 0 Å². The molecular formula is C39H57N3O7. The molecule has 270 valence electrons. The van der Waals surface area contributed by atoms with Crippen molar-refractivity contribution in [2.24, 2.45) is 17.3 Å². The highest BCUT2D eigenvalue weighted by molar-refractivity contribution is 5.98. The number of amides is 3. The van der Waals surface area contributed by atoms with Crippen LogP contribution in [-0.2, 0) is 28.7 Å². The molecule has 49 heavy (non-hydrogen) atoms. The summed E-state index contributed by atoms with van der Waals surface area (Å²) in [5, 5.41) is 13.4. The van der Waals surface area contributed by atoms with E-state index in [0.29, 0.717) is 37.7 Å². The first kappa shape index (κ1) is 38.3. The van der Waals surface area contributed by atoms with E-state index in [1.54, 1.807) is 24.0 Å². The van der Waals surface area contributed by atoms with Crippen molar-refractivity contribution >= 4 is 23.7 Å². The number of aliphatic hydroxyl groups is 1. The Morgan fingerprint density at radius 1 is 1.16 bits per heavy atom. The minimum Gasteiger partial charge on any atom is -0.455 e. The molecule has 8 atom stereocenters. The lowest BCUT2D eigenvalue weighted by Crippen LogP contribution is -2.62. The quantitative estimate of drug-likeness (QED) is 0.184. The van der Waals surface area contributed by atoms with E-state index in [0.717, 1.165) is 0 Å². The number of nitrogens with one attached hydrogen (secondary N) is 1. The average molecular weight is 680 g/mol. The van der Waals surface area contributed by atoms with Gasteiger partial charge in [-0.15, -0.1) is 13.2 Å². The van der Waals surface area contributed by atoms with Crippen molar-refractivity contribution in [2.45, 2.75) is 128 Å². The zero-order chi connectivity index (χ0) is 36.3. The summed E-state index contributed by atoms with van der Waals surface area (Å²) >= 11 is 0. The molecule has 2 N–H and O–H groups in total. The molecule has 3 fully saturated rings. The van der Waals surface area contributed by atoms with Crippen molar-refractivity contribution in [3.63, 3.8) is 0 Å². The Morgan fingerprint density at radius 3 is 2.41 bits per heavy atom. The van der Waals surface area contributed by atoms with Gasteiger partial charge in [0.05, 0.1) is 36.6 Å². The van der Waals surface area contributed by atoms with Crippen molar-refractivity contribution < 1.29 is 33.8 Å². The van der Waals surface area contributed by atoms with Crippen LogP contribution in [0.3, 0.4) is 0 Å². The maximum Gasteiger partial charge on any atom is 0.313 e. The van der Waals surface area contributed by atoms with Crippen LogP contribution >= 0.6 is 0 Å². The number of carbonyl (C=O) groups excluding carboxylic acids is 4. The van der Waals surface area contributed by atoms with Gasteiger partial charge in [0.1, 0.15) is 17.7 Å². The highest BCUT2D eigenvalue weighted by atomic mass is 16.6. The van der Waals surface area contributed by atoms with Crippen molar-refractivity contribution in [3.05, 3.63) is 61.2 Å². The molecule has 3 aliphatic rings. The Morgan fingerprint density at radius 2 is 1.84 bits per heavy atom. The second kappa shape index (κ2) is 15.2. The SMILES string of the molecule is C=CCCC(=O)N[C@H](C)[C@@H](OC(=O)[C@@H]1[C@@H]2CC[C@]3(O2)[C@H](C(=O)N(CC=C)C(C)(C)CC(C)(C)C)N([C@@H](CC)CO)C(=O)[C@@H]13)c1ccccc1. The van der Waals surface area contributed by atoms with Gasteiger partial charge in [0.15, 0.2) is 0 Å². The molecule has 0 radical (unpaired) electrons. The summed E-state index contributed by atoms with van der Waals surface area (Å²) in [4.78, 5) is 59.9. The van der Waals surface area contributed by atoms with Crippen LogP contribution in [0.25, 0.3) is 0 Å². The minimum absolute atomic E-state index is 0.0963. The van der Waals surface area contributed by atoms with Crippen molar-refractivity contribution in [3.8, 4) is 0 Å². The number of aliphatic hydroxyl groups excluding tert-OH is 1. The first-order valence-corrected chi connectivity index (χ1v) is 17.8. The molecule has 3 amide bonds. The van der Waals surface area contributed by atoms with Gasteiger partial charge in [-0.25, -0.2) is 0 Å². The molecule has 2 bridgehead atoms. The largest absolute Gasteiger partial charge is 0.455 e. The summed E-state index contributed by atoms with van der Waals surface area (Å²) < 4.78 is 12.9. The van der Waals surface area contributed by atoms with Crippen LogP contribution in [0.1, 0.15) is 98.7 Å². The molecule has 3 saturated heterocycles. The van der Waals surface area contributed by atoms with E-state index >= 15 is 0 Å². The highest BCUT2D eigenvalue weighted by Gasteiger charge is 2.76. The Balaban J connectivity index is 1.72. The molecule has 10 nitrogen and oxygen atoms in total. The van der Waals surface area contributed by atoms with Crippen LogP contribution in [0.5, 0.6) is 0 Å². The van der Waals surface area contributed by atoms with Crippen LogP contribution in [0.4, 0.5) is 0 Å². The number of fused-ring (bicyclic) bond motifs is 1. The standard InChI is InChI=1S/C39H57N3O7/c1-10-13-19-29(44)40-25(4)32(26-17-15-14-16-18-26)48-36(47)30-28-20-21-39(49-28)31(30)34(45)42(27(12-3)23-43)33(39)35(46)41(22-11-2)38(8,9)24-37(5,6)7/h10-11,14-18,25,27-28,30-33,43H,1-2,12-13,19-24H2,3-9H3,(H,40,44)/t25-,27+,28+,30-,31-,32-,33+,39-/m1/s1. The number of carbonyl (C=O) groups is 4. The summed E-state index contributed by atoms with van der Waals surface area (Å²) in [7, 11) is 0. The molecular weight excluding hydrogens is 622 g/mol. The molecule has 0 aliphatic carbocycles. The summed E-state index contributed by atoms with van der Waals surface area (Å²) in [6, 6.07) is 6.96. The van der Waals surface area contributed by atoms with Gasteiger partial charge in [-0.05, 0) is 63.9 Å². The third-order valence-electron chi connectivity index (χ3n) is 10.4. The molecule has 0 saturated carbocycles. The number of esters is 1. The number of likely N-dealkylation sites (tertiary alicyclic amines) is 1. The number of hydrogen-bond donors (Lipinski definition) is 2. The van der Waals surface area contributed by atoms with E-state index in [4.69, 9.17) is 9.47 Å². The van der Waals surface area contributed by atoms with Crippen LogP contribution in [-0.4, -0.2) is 87.1 Å². The Kier molecular flexibility index (Phi) is 11.9. The second-order valence-electron chi connectivity index (χ2n) is 15.8. The summed E-state index contributed by atoms with van der Waals surface area (Å²) in [6.07, 6.45) is 4.70. The van der Waals surface area contributed by atoms with Gasteiger partial charge in [-0.1, -0.05) is 70.2 Å². The third-order valence-corrected chi connectivity index (χ3v) is 10.4. The first-order chi connectivity index (χ1) is 23.1. The number of benzene rings is 1. The summed E-state index contributed by atoms with van der Waals surface area (Å²) in [6.45, 7) is 21.6. The topological polar surface area (TPSA) is 125 Å². The minimum atomic E-state index is -1.25. The fourth-order valence-corrected chi connectivity index (χ4v) is 8.69. The van der Waals surface area contributed by atoms with Crippen LogP contribution in [0.2, 0.25) is 0 Å². The maximum atomic E-state index is 15.0. The monoisotopic (exact) mass is 679 g/mol. The summed E-state index contributed by atoms with van der Waals surface area (Å²) in [5.74, 6) is -3.36. The zero-order valence-corrected chi connectivity index (χ0v) is 30.4. The van der Waals surface area contributed by atoms with Gasteiger partial charge < -0.3 is 29.7 Å². The van der Waals surface area contributed by atoms with Gasteiger partial charge in [0.25, 0.3) is 0 Å². The molecule has 1 aromatic rings. The fraction of sp³-hybridized carbons (Fsp3) is 0.641. The number of nitrogens with zero attached hydrogens (tertiary/aromatic N) is 2. The normalized spacial score (nSPS) is 26.4. The lowest BCUT2D eigenvalue weighted by molar-refractivity contribution is -0.163. The lowest BCUT2D eigenvalue weighted by atomic mass is 9.70. The molecule has 1 aromatic carbocycles. The fourth-order valence-electron chi connectivity index (χ4n) is 8.69. The number of allylic oxidation sites excluding steroid dienone is 1. The number of ether oxygens (including phenoxy) is 2. The molecule has 3 aliphatic heterocycles. The highest BCUT2D eigenvalue weighted by Crippen LogP contribution is 2.59. The van der Waals surface area contributed by atoms with Gasteiger partial charge in [-0.2, -0.15) is 0 Å². The van der Waals surface area contributed by atoms with Gasteiger partial charge in [0.2, 0.25) is 17.7 Å². The predicted molar refractivity (Wildman–Crippen MR) is 188 cm³/mol. The van der Waals surface area contributed by atoms with Crippen LogP contribution in [0, 0.1) is 17.3 Å².